The largest absolute Gasteiger partial charge is 0.494 e. The number of fused-ring (bicyclic) bond motifs is 1. The predicted octanol–water partition coefficient (Wildman–Crippen LogP) is 2.80. The van der Waals surface area contributed by atoms with Crippen LogP contribution in [0.3, 0.4) is 0 Å². The minimum atomic E-state index is 0. The number of anilines is 1. The fourth-order valence-corrected chi connectivity index (χ4v) is 2.78. The molecule has 0 radical (unpaired) electrons. The Hall–Kier alpha value is -1.56. The number of rotatable bonds is 6. The molecular formula is C17H24ClN3O2. The average molecular weight is 338 g/mol. The third kappa shape index (κ3) is 4.70. The zero-order valence-corrected chi connectivity index (χ0v) is 14.3. The van der Waals surface area contributed by atoms with Crippen LogP contribution in [0.5, 0.6) is 5.75 Å². The number of nitrogens with zero attached hydrogens (tertiary/aromatic N) is 2. The summed E-state index contributed by atoms with van der Waals surface area (Å²) in [5.74, 6) is 0.814. The number of morpholine rings is 1. The van der Waals surface area contributed by atoms with Crippen LogP contribution < -0.4 is 10.1 Å². The van der Waals surface area contributed by atoms with Crippen LogP contribution in [0.2, 0.25) is 0 Å². The van der Waals surface area contributed by atoms with Crippen LogP contribution >= 0.6 is 12.4 Å². The van der Waals surface area contributed by atoms with Gasteiger partial charge in [0, 0.05) is 43.0 Å². The molecule has 3 rings (SSSR count). The molecule has 126 valence electrons. The molecule has 1 aromatic carbocycles. The lowest BCUT2D eigenvalue weighted by Gasteiger charge is -2.26. The highest BCUT2D eigenvalue weighted by atomic mass is 35.5. The Balaban J connectivity index is 0.00000192. The quantitative estimate of drug-likeness (QED) is 0.821. The Morgan fingerprint density at radius 2 is 2.13 bits per heavy atom. The SMILES string of the molecule is COc1cc(NCCCN2CCOCC2)cc2cccnc12.Cl. The molecule has 2 aromatic rings. The summed E-state index contributed by atoms with van der Waals surface area (Å²) in [6.07, 6.45) is 2.91. The van der Waals surface area contributed by atoms with Crippen molar-refractivity contribution in [3.63, 3.8) is 0 Å². The molecule has 23 heavy (non-hydrogen) atoms. The van der Waals surface area contributed by atoms with E-state index < -0.39 is 0 Å². The Bertz CT molecular complexity index is 618. The lowest BCUT2D eigenvalue weighted by Crippen LogP contribution is -2.37. The van der Waals surface area contributed by atoms with E-state index in [2.05, 4.69) is 27.3 Å². The molecule has 5 nitrogen and oxygen atoms in total. The Labute approximate surface area is 143 Å². The van der Waals surface area contributed by atoms with Gasteiger partial charge in [0.25, 0.3) is 0 Å². The van der Waals surface area contributed by atoms with Crippen molar-refractivity contribution in [3.8, 4) is 5.75 Å². The zero-order chi connectivity index (χ0) is 15.2. The number of hydrogen-bond acceptors (Lipinski definition) is 5. The molecule has 0 aliphatic carbocycles. The van der Waals surface area contributed by atoms with Crippen molar-refractivity contribution in [2.24, 2.45) is 0 Å². The third-order valence-corrected chi connectivity index (χ3v) is 3.97. The predicted molar refractivity (Wildman–Crippen MR) is 95.9 cm³/mol. The van der Waals surface area contributed by atoms with Gasteiger partial charge in [0.15, 0.2) is 0 Å². The van der Waals surface area contributed by atoms with Gasteiger partial charge in [-0.3, -0.25) is 9.88 Å². The summed E-state index contributed by atoms with van der Waals surface area (Å²) in [6.45, 7) is 5.89. The van der Waals surface area contributed by atoms with Gasteiger partial charge in [-0.15, -0.1) is 12.4 Å². The maximum absolute atomic E-state index is 5.44. The minimum absolute atomic E-state index is 0. The highest BCUT2D eigenvalue weighted by Crippen LogP contribution is 2.27. The highest BCUT2D eigenvalue weighted by molar-refractivity contribution is 5.88. The Morgan fingerprint density at radius 1 is 1.30 bits per heavy atom. The van der Waals surface area contributed by atoms with Gasteiger partial charge in [0.2, 0.25) is 0 Å². The molecule has 1 aliphatic rings. The van der Waals surface area contributed by atoms with Crippen LogP contribution in [-0.4, -0.2) is 56.4 Å². The molecule has 1 saturated heterocycles. The average Bonchev–Trinajstić information content (AvgIpc) is 2.59. The fraction of sp³-hybridized carbons (Fsp3) is 0.471. The first-order valence-electron chi connectivity index (χ1n) is 7.83. The molecule has 1 N–H and O–H groups in total. The van der Waals surface area contributed by atoms with Gasteiger partial charge in [-0.05, 0) is 25.1 Å². The van der Waals surface area contributed by atoms with Crippen molar-refractivity contribution < 1.29 is 9.47 Å². The van der Waals surface area contributed by atoms with Crippen molar-refractivity contribution in [1.29, 1.82) is 0 Å². The molecule has 1 aliphatic heterocycles. The van der Waals surface area contributed by atoms with Gasteiger partial charge in [0.05, 0.1) is 20.3 Å². The number of pyridine rings is 1. The number of nitrogens with one attached hydrogen (secondary N) is 1. The van der Waals surface area contributed by atoms with E-state index in [1.54, 1.807) is 13.3 Å². The van der Waals surface area contributed by atoms with Crippen molar-refractivity contribution in [2.45, 2.75) is 6.42 Å². The minimum Gasteiger partial charge on any atom is -0.494 e. The van der Waals surface area contributed by atoms with Crippen LogP contribution in [0.15, 0.2) is 30.5 Å². The van der Waals surface area contributed by atoms with E-state index in [4.69, 9.17) is 9.47 Å². The van der Waals surface area contributed by atoms with Crippen molar-refractivity contribution in [3.05, 3.63) is 30.5 Å². The molecule has 0 amide bonds. The van der Waals surface area contributed by atoms with Gasteiger partial charge in [-0.1, -0.05) is 6.07 Å². The normalized spacial score (nSPS) is 15.2. The summed E-state index contributed by atoms with van der Waals surface area (Å²) in [4.78, 5) is 6.83. The summed E-state index contributed by atoms with van der Waals surface area (Å²) in [7, 11) is 1.69. The number of aromatic nitrogens is 1. The van der Waals surface area contributed by atoms with Crippen LogP contribution in [0.4, 0.5) is 5.69 Å². The van der Waals surface area contributed by atoms with E-state index in [9.17, 15) is 0 Å². The van der Waals surface area contributed by atoms with Gasteiger partial charge >= 0.3 is 0 Å². The van der Waals surface area contributed by atoms with Crippen molar-refractivity contribution in [1.82, 2.24) is 9.88 Å². The zero-order valence-electron chi connectivity index (χ0n) is 13.5. The topological polar surface area (TPSA) is 46.6 Å². The lowest BCUT2D eigenvalue weighted by molar-refractivity contribution is 0.0378. The summed E-state index contributed by atoms with van der Waals surface area (Å²) in [5.41, 5.74) is 1.99. The summed E-state index contributed by atoms with van der Waals surface area (Å²) >= 11 is 0. The smallest absolute Gasteiger partial charge is 0.147 e. The van der Waals surface area contributed by atoms with Crippen LogP contribution in [0.25, 0.3) is 10.9 Å². The summed E-state index contributed by atoms with van der Waals surface area (Å²) in [6, 6.07) is 8.15. The second-order valence-corrected chi connectivity index (χ2v) is 5.49. The van der Waals surface area contributed by atoms with E-state index in [0.29, 0.717) is 0 Å². The molecule has 0 bridgehead atoms. The molecular weight excluding hydrogens is 314 g/mol. The second-order valence-electron chi connectivity index (χ2n) is 5.49. The highest BCUT2D eigenvalue weighted by Gasteiger charge is 2.09. The van der Waals surface area contributed by atoms with Gasteiger partial charge in [-0.25, -0.2) is 0 Å². The molecule has 6 heteroatoms. The molecule has 0 saturated carbocycles. The van der Waals surface area contributed by atoms with E-state index in [0.717, 1.165) is 68.2 Å². The first-order chi connectivity index (χ1) is 10.9. The van der Waals surface area contributed by atoms with Gasteiger partial charge in [-0.2, -0.15) is 0 Å². The number of methoxy groups -OCH3 is 1. The molecule has 0 spiro atoms. The number of halogens is 1. The standard InChI is InChI=1S/C17H23N3O2.ClH/c1-21-16-13-15(12-14-4-2-5-19-17(14)16)18-6-3-7-20-8-10-22-11-9-20;/h2,4-5,12-13,18H,3,6-11H2,1H3;1H. The van der Waals surface area contributed by atoms with Gasteiger partial charge in [0.1, 0.15) is 11.3 Å². The number of ether oxygens (including phenoxy) is 2. The van der Waals surface area contributed by atoms with Crippen molar-refractivity contribution >= 4 is 29.0 Å². The first-order valence-corrected chi connectivity index (χ1v) is 7.83. The van der Waals surface area contributed by atoms with E-state index >= 15 is 0 Å². The van der Waals surface area contributed by atoms with Crippen LogP contribution in [0, 0.1) is 0 Å². The third-order valence-electron chi connectivity index (χ3n) is 3.97. The van der Waals surface area contributed by atoms with Gasteiger partial charge < -0.3 is 14.8 Å². The van der Waals surface area contributed by atoms with E-state index in [1.807, 2.05) is 12.1 Å². The Morgan fingerprint density at radius 3 is 2.91 bits per heavy atom. The maximum Gasteiger partial charge on any atom is 0.147 e. The Kier molecular flexibility index (Phi) is 6.89. The molecule has 1 fully saturated rings. The van der Waals surface area contributed by atoms with Crippen molar-refractivity contribution in [2.75, 3.05) is 51.8 Å². The van der Waals surface area contributed by atoms with Crippen LogP contribution in [0.1, 0.15) is 6.42 Å². The number of benzene rings is 1. The molecule has 0 atom stereocenters. The number of hydrogen-bond donors (Lipinski definition) is 1. The van der Waals surface area contributed by atoms with E-state index in [-0.39, 0.29) is 12.4 Å². The monoisotopic (exact) mass is 337 g/mol. The summed E-state index contributed by atoms with van der Waals surface area (Å²) < 4.78 is 10.8. The first kappa shape index (κ1) is 17.8. The lowest BCUT2D eigenvalue weighted by atomic mass is 10.2. The maximum atomic E-state index is 5.44. The fourth-order valence-electron chi connectivity index (χ4n) is 2.78. The van der Waals surface area contributed by atoms with E-state index in [1.165, 1.54) is 0 Å². The molecule has 0 unspecified atom stereocenters. The molecule has 2 heterocycles. The second kappa shape index (κ2) is 8.91. The summed E-state index contributed by atoms with van der Waals surface area (Å²) in [5, 5.41) is 4.58. The van der Waals surface area contributed by atoms with Crippen LogP contribution in [-0.2, 0) is 4.74 Å². The molecule has 1 aromatic heterocycles.